The number of aryl methyl sites for hydroxylation is 3. The molecule has 25 heavy (non-hydrogen) atoms. The Morgan fingerprint density at radius 3 is 2.84 bits per heavy atom. The maximum atomic E-state index is 12.3. The molecule has 0 aliphatic heterocycles. The highest BCUT2D eigenvalue weighted by Gasteiger charge is 2.16. The molecule has 0 bridgehead atoms. The third-order valence-electron chi connectivity index (χ3n) is 4.45. The number of thiazole rings is 1. The minimum absolute atomic E-state index is 0.0196. The average Bonchev–Trinajstić information content (AvgIpc) is 2.87. The van der Waals surface area contributed by atoms with E-state index < -0.39 is 0 Å². The number of nitrogens with one attached hydrogen (secondary N) is 1. The first-order valence-corrected chi connectivity index (χ1v) is 9.50. The predicted molar refractivity (Wildman–Crippen MR) is 99.9 cm³/mol. The van der Waals surface area contributed by atoms with Gasteiger partial charge in [0, 0.05) is 11.3 Å². The van der Waals surface area contributed by atoms with Crippen molar-refractivity contribution in [3.63, 3.8) is 0 Å². The number of rotatable bonds is 6. The Kier molecular flexibility index (Phi) is 5.91. The van der Waals surface area contributed by atoms with Crippen molar-refractivity contribution in [1.29, 1.82) is 0 Å². The van der Waals surface area contributed by atoms with Crippen molar-refractivity contribution < 1.29 is 14.3 Å². The van der Waals surface area contributed by atoms with E-state index in [4.69, 9.17) is 9.47 Å². The van der Waals surface area contributed by atoms with Crippen LogP contribution in [-0.4, -0.2) is 25.1 Å². The zero-order valence-electron chi connectivity index (χ0n) is 14.8. The Morgan fingerprint density at radius 1 is 1.20 bits per heavy atom. The molecule has 134 valence electrons. The van der Waals surface area contributed by atoms with Gasteiger partial charge in [0.15, 0.2) is 5.13 Å². The second-order valence-electron chi connectivity index (χ2n) is 6.18. The minimum atomic E-state index is -0.0196. The highest BCUT2D eigenvalue weighted by Crippen LogP contribution is 2.29. The average molecular weight is 360 g/mol. The van der Waals surface area contributed by atoms with Gasteiger partial charge in [0.2, 0.25) is 5.91 Å². The van der Waals surface area contributed by atoms with Crippen molar-refractivity contribution in [3.8, 4) is 11.5 Å². The molecule has 1 N–H and O–H groups in total. The lowest BCUT2D eigenvalue weighted by Gasteiger charge is -2.10. The summed E-state index contributed by atoms with van der Waals surface area (Å²) in [6.45, 7) is 0. The summed E-state index contributed by atoms with van der Waals surface area (Å²) in [4.78, 5) is 18.2. The molecular weight excluding hydrogens is 336 g/mol. The number of carbonyl (C=O) groups is 1. The van der Waals surface area contributed by atoms with Crippen molar-refractivity contribution in [3.05, 3.63) is 34.3 Å². The first-order valence-electron chi connectivity index (χ1n) is 8.69. The summed E-state index contributed by atoms with van der Waals surface area (Å²) in [5.74, 6) is 1.52. The lowest BCUT2D eigenvalue weighted by Crippen LogP contribution is -2.12. The number of anilines is 1. The Balaban J connectivity index is 1.60. The van der Waals surface area contributed by atoms with Gasteiger partial charge in [-0.25, -0.2) is 4.98 Å². The molecular formula is C19H24N2O3S. The number of nitrogens with zero attached hydrogens (tertiary/aromatic N) is 1. The summed E-state index contributed by atoms with van der Waals surface area (Å²) in [5.41, 5.74) is 2.14. The van der Waals surface area contributed by atoms with Gasteiger partial charge in [-0.15, -0.1) is 11.3 Å². The molecule has 0 spiro atoms. The number of hydrogen-bond donors (Lipinski definition) is 1. The van der Waals surface area contributed by atoms with Gasteiger partial charge in [-0.2, -0.15) is 0 Å². The Bertz CT molecular complexity index is 719. The monoisotopic (exact) mass is 360 g/mol. The summed E-state index contributed by atoms with van der Waals surface area (Å²) < 4.78 is 10.6. The number of methoxy groups -OCH3 is 2. The SMILES string of the molecule is COc1ccc(OC)c(CCC(=O)Nc2nc3c(s2)CCCCC3)c1. The maximum Gasteiger partial charge on any atom is 0.226 e. The van der Waals surface area contributed by atoms with Gasteiger partial charge in [0.05, 0.1) is 19.9 Å². The topological polar surface area (TPSA) is 60.5 Å². The van der Waals surface area contributed by atoms with Crippen molar-refractivity contribution in [2.24, 2.45) is 0 Å². The molecule has 0 unspecified atom stereocenters. The minimum Gasteiger partial charge on any atom is -0.497 e. The molecule has 0 fully saturated rings. The van der Waals surface area contributed by atoms with Gasteiger partial charge in [0.1, 0.15) is 11.5 Å². The number of carbonyl (C=O) groups excluding carboxylic acids is 1. The van der Waals surface area contributed by atoms with Crippen LogP contribution in [0.2, 0.25) is 0 Å². The summed E-state index contributed by atoms with van der Waals surface area (Å²) in [5, 5.41) is 3.68. The second-order valence-corrected chi connectivity index (χ2v) is 7.26. The van der Waals surface area contributed by atoms with Crippen LogP contribution in [0, 0.1) is 0 Å². The van der Waals surface area contributed by atoms with Crippen molar-refractivity contribution in [2.75, 3.05) is 19.5 Å². The lowest BCUT2D eigenvalue weighted by atomic mass is 10.1. The Labute approximate surface area is 152 Å². The number of benzene rings is 1. The molecule has 0 saturated heterocycles. The molecule has 1 aliphatic carbocycles. The summed E-state index contributed by atoms with van der Waals surface area (Å²) >= 11 is 1.62. The van der Waals surface area contributed by atoms with Gasteiger partial charge in [-0.3, -0.25) is 4.79 Å². The molecule has 1 aromatic carbocycles. The molecule has 1 aliphatic rings. The van der Waals surface area contributed by atoms with E-state index in [9.17, 15) is 4.79 Å². The molecule has 6 heteroatoms. The fourth-order valence-corrected chi connectivity index (χ4v) is 4.16. The summed E-state index contributed by atoms with van der Waals surface area (Å²) in [6.07, 6.45) is 6.78. The predicted octanol–water partition coefficient (Wildman–Crippen LogP) is 4.00. The smallest absolute Gasteiger partial charge is 0.226 e. The van der Waals surface area contributed by atoms with Crippen LogP contribution in [-0.2, 0) is 24.1 Å². The van der Waals surface area contributed by atoms with Gasteiger partial charge in [-0.05, 0) is 55.9 Å². The first-order chi connectivity index (χ1) is 12.2. The number of amides is 1. The number of ether oxygens (including phenoxy) is 2. The molecule has 0 radical (unpaired) electrons. The fourth-order valence-electron chi connectivity index (χ4n) is 3.09. The zero-order chi connectivity index (χ0) is 17.6. The Hall–Kier alpha value is -2.08. The third-order valence-corrected chi connectivity index (χ3v) is 5.52. The van der Waals surface area contributed by atoms with Gasteiger partial charge < -0.3 is 14.8 Å². The molecule has 0 saturated carbocycles. The third kappa shape index (κ3) is 4.51. The first kappa shape index (κ1) is 17.7. The van der Waals surface area contributed by atoms with E-state index in [1.54, 1.807) is 25.6 Å². The Morgan fingerprint density at radius 2 is 2.04 bits per heavy atom. The number of aromatic nitrogens is 1. The standard InChI is InChI=1S/C19H24N2O3S/c1-23-14-9-10-16(24-2)13(12-14)8-11-18(22)21-19-20-15-6-4-3-5-7-17(15)25-19/h9-10,12H,3-8,11H2,1-2H3,(H,20,21,22). The highest BCUT2D eigenvalue weighted by molar-refractivity contribution is 7.15. The molecule has 2 aromatic rings. The van der Waals surface area contributed by atoms with E-state index in [0.717, 1.165) is 35.0 Å². The van der Waals surface area contributed by atoms with Gasteiger partial charge >= 0.3 is 0 Å². The summed E-state index contributed by atoms with van der Waals surface area (Å²) in [7, 11) is 3.26. The van der Waals surface area contributed by atoms with Crippen molar-refractivity contribution in [1.82, 2.24) is 4.98 Å². The largest absolute Gasteiger partial charge is 0.497 e. The maximum absolute atomic E-state index is 12.3. The molecule has 1 heterocycles. The van der Waals surface area contributed by atoms with Crippen LogP contribution in [0.25, 0.3) is 0 Å². The quantitative estimate of drug-likeness (QED) is 0.791. The van der Waals surface area contributed by atoms with Gasteiger partial charge in [0.25, 0.3) is 0 Å². The molecule has 1 amide bonds. The van der Waals surface area contributed by atoms with Crippen LogP contribution in [0.5, 0.6) is 11.5 Å². The van der Waals surface area contributed by atoms with Crippen LogP contribution < -0.4 is 14.8 Å². The van der Waals surface area contributed by atoms with Crippen LogP contribution in [0.15, 0.2) is 18.2 Å². The highest BCUT2D eigenvalue weighted by atomic mass is 32.1. The van der Waals surface area contributed by atoms with Crippen LogP contribution in [0.3, 0.4) is 0 Å². The van der Waals surface area contributed by atoms with Crippen LogP contribution >= 0.6 is 11.3 Å². The van der Waals surface area contributed by atoms with E-state index in [1.165, 1.54) is 29.8 Å². The number of hydrogen-bond acceptors (Lipinski definition) is 5. The molecule has 1 aromatic heterocycles. The van der Waals surface area contributed by atoms with E-state index in [-0.39, 0.29) is 5.91 Å². The normalized spacial score (nSPS) is 13.7. The van der Waals surface area contributed by atoms with E-state index >= 15 is 0 Å². The van der Waals surface area contributed by atoms with Crippen molar-refractivity contribution in [2.45, 2.75) is 44.9 Å². The summed E-state index contributed by atoms with van der Waals surface area (Å²) in [6, 6.07) is 5.63. The molecule has 3 rings (SSSR count). The number of fused-ring (bicyclic) bond motifs is 1. The lowest BCUT2D eigenvalue weighted by molar-refractivity contribution is -0.116. The molecule has 0 atom stereocenters. The second kappa shape index (κ2) is 8.34. The van der Waals surface area contributed by atoms with Crippen molar-refractivity contribution >= 4 is 22.4 Å². The van der Waals surface area contributed by atoms with E-state index in [1.807, 2.05) is 18.2 Å². The fraction of sp³-hybridized carbons (Fsp3) is 0.474. The van der Waals surface area contributed by atoms with Crippen LogP contribution in [0.1, 0.15) is 41.8 Å². The zero-order valence-corrected chi connectivity index (χ0v) is 15.6. The molecule has 5 nitrogen and oxygen atoms in total. The van der Waals surface area contributed by atoms with E-state index in [2.05, 4.69) is 10.3 Å². The van der Waals surface area contributed by atoms with Crippen LogP contribution in [0.4, 0.5) is 5.13 Å². The van der Waals surface area contributed by atoms with Gasteiger partial charge in [-0.1, -0.05) is 6.42 Å². The van der Waals surface area contributed by atoms with E-state index in [0.29, 0.717) is 12.8 Å².